The molecule has 0 aromatic heterocycles. The Morgan fingerprint density at radius 2 is 1.87 bits per heavy atom. The summed E-state index contributed by atoms with van der Waals surface area (Å²) in [5.41, 5.74) is 5.55. The summed E-state index contributed by atoms with van der Waals surface area (Å²) >= 11 is 0. The fourth-order valence-corrected chi connectivity index (χ4v) is 1.11. The number of carbonyl (C=O) groups excluding carboxylic acids is 2. The van der Waals surface area contributed by atoms with Gasteiger partial charge in [-0.3, -0.25) is 9.59 Å². The highest BCUT2D eigenvalue weighted by atomic mass is 16.2. The van der Waals surface area contributed by atoms with Crippen LogP contribution in [-0.2, 0) is 9.59 Å². The van der Waals surface area contributed by atoms with Crippen molar-refractivity contribution >= 4 is 11.8 Å². The normalized spacial score (nSPS) is 11.9. The molecule has 0 radical (unpaired) electrons. The Balaban J connectivity index is 3.30. The fraction of sp³-hybridized carbons (Fsp3) is 0.800. The third-order valence-corrected chi connectivity index (χ3v) is 1.88. The average molecular weight is 215 g/mol. The van der Waals surface area contributed by atoms with Gasteiger partial charge in [0.15, 0.2) is 0 Å². The summed E-state index contributed by atoms with van der Waals surface area (Å²) in [5.74, 6) is -0.0674. The molecule has 2 amide bonds. The summed E-state index contributed by atoms with van der Waals surface area (Å²) in [6.45, 7) is 4.34. The van der Waals surface area contributed by atoms with E-state index in [9.17, 15) is 9.59 Å². The predicted octanol–water partition coefficient (Wildman–Crippen LogP) is -0.244. The van der Waals surface area contributed by atoms with Crippen molar-refractivity contribution in [3.63, 3.8) is 0 Å². The molecule has 0 saturated carbocycles. The SMILES string of the molecule is CC(=O)NCCNC(=O)CCCC(C)N. The molecular formula is C10H21N3O2. The summed E-state index contributed by atoms with van der Waals surface area (Å²) in [7, 11) is 0. The van der Waals surface area contributed by atoms with Gasteiger partial charge in [0.25, 0.3) is 0 Å². The molecule has 0 aliphatic heterocycles. The maximum atomic E-state index is 11.2. The van der Waals surface area contributed by atoms with E-state index in [1.54, 1.807) is 0 Å². The van der Waals surface area contributed by atoms with Crippen molar-refractivity contribution in [3.8, 4) is 0 Å². The molecule has 0 aromatic carbocycles. The van der Waals surface area contributed by atoms with E-state index in [2.05, 4.69) is 10.6 Å². The lowest BCUT2D eigenvalue weighted by Crippen LogP contribution is -2.33. The van der Waals surface area contributed by atoms with E-state index in [-0.39, 0.29) is 17.9 Å². The molecule has 1 unspecified atom stereocenters. The van der Waals surface area contributed by atoms with Crippen LogP contribution in [0.25, 0.3) is 0 Å². The summed E-state index contributed by atoms with van der Waals surface area (Å²) in [5, 5.41) is 5.32. The third-order valence-electron chi connectivity index (χ3n) is 1.88. The highest BCUT2D eigenvalue weighted by Gasteiger charge is 2.01. The molecule has 0 saturated heterocycles. The van der Waals surface area contributed by atoms with Crippen LogP contribution >= 0.6 is 0 Å². The Kier molecular flexibility index (Phi) is 7.62. The molecular weight excluding hydrogens is 194 g/mol. The first kappa shape index (κ1) is 13.9. The first-order valence-corrected chi connectivity index (χ1v) is 5.29. The molecule has 0 aliphatic carbocycles. The van der Waals surface area contributed by atoms with Crippen LogP contribution < -0.4 is 16.4 Å². The lowest BCUT2D eigenvalue weighted by molar-refractivity contribution is -0.122. The van der Waals surface area contributed by atoms with Crippen molar-refractivity contribution in [2.45, 2.75) is 39.2 Å². The van der Waals surface area contributed by atoms with Gasteiger partial charge in [0.05, 0.1) is 0 Å². The molecule has 0 fully saturated rings. The molecule has 0 rings (SSSR count). The lowest BCUT2D eigenvalue weighted by Gasteiger charge is -2.06. The first-order chi connectivity index (χ1) is 7.02. The average Bonchev–Trinajstić information content (AvgIpc) is 2.11. The number of amides is 2. The maximum Gasteiger partial charge on any atom is 0.220 e. The molecule has 88 valence electrons. The van der Waals surface area contributed by atoms with Crippen molar-refractivity contribution in [2.24, 2.45) is 5.73 Å². The lowest BCUT2D eigenvalue weighted by atomic mass is 10.1. The Morgan fingerprint density at radius 1 is 1.27 bits per heavy atom. The van der Waals surface area contributed by atoms with Crippen LogP contribution in [0.4, 0.5) is 0 Å². The second-order valence-corrected chi connectivity index (χ2v) is 3.70. The number of carbonyl (C=O) groups is 2. The van der Waals surface area contributed by atoms with Crippen molar-refractivity contribution in [1.82, 2.24) is 10.6 Å². The molecule has 0 spiro atoms. The zero-order valence-electron chi connectivity index (χ0n) is 9.51. The quantitative estimate of drug-likeness (QED) is 0.512. The molecule has 0 heterocycles. The monoisotopic (exact) mass is 215 g/mol. The van der Waals surface area contributed by atoms with Crippen molar-refractivity contribution in [2.75, 3.05) is 13.1 Å². The van der Waals surface area contributed by atoms with Gasteiger partial charge in [0, 0.05) is 32.5 Å². The molecule has 0 aliphatic rings. The van der Waals surface area contributed by atoms with Gasteiger partial charge >= 0.3 is 0 Å². The highest BCUT2D eigenvalue weighted by molar-refractivity contribution is 5.76. The number of nitrogens with one attached hydrogen (secondary N) is 2. The summed E-state index contributed by atoms with van der Waals surface area (Å²) < 4.78 is 0. The van der Waals surface area contributed by atoms with Crippen molar-refractivity contribution < 1.29 is 9.59 Å². The van der Waals surface area contributed by atoms with E-state index in [0.29, 0.717) is 19.5 Å². The van der Waals surface area contributed by atoms with Gasteiger partial charge in [-0.05, 0) is 19.8 Å². The summed E-state index contributed by atoms with van der Waals surface area (Å²) in [6, 6.07) is 0.150. The Labute approximate surface area is 90.8 Å². The third kappa shape index (κ3) is 10.8. The Hall–Kier alpha value is -1.10. The van der Waals surface area contributed by atoms with Gasteiger partial charge in [-0.25, -0.2) is 0 Å². The smallest absolute Gasteiger partial charge is 0.220 e. The first-order valence-electron chi connectivity index (χ1n) is 5.29. The van der Waals surface area contributed by atoms with Crippen molar-refractivity contribution in [1.29, 1.82) is 0 Å². The zero-order chi connectivity index (χ0) is 11.7. The molecule has 0 bridgehead atoms. The Bertz CT molecular complexity index is 205. The van der Waals surface area contributed by atoms with Crippen LogP contribution in [-0.4, -0.2) is 30.9 Å². The minimum absolute atomic E-state index is 0.0148. The number of nitrogens with two attached hydrogens (primary N) is 1. The van der Waals surface area contributed by atoms with Crippen LogP contribution in [0.3, 0.4) is 0 Å². The molecule has 4 N–H and O–H groups in total. The van der Waals surface area contributed by atoms with E-state index in [4.69, 9.17) is 5.73 Å². The van der Waals surface area contributed by atoms with Gasteiger partial charge in [-0.1, -0.05) is 0 Å². The maximum absolute atomic E-state index is 11.2. The molecule has 15 heavy (non-hydrogen) atoms. The summed E-state index contributed by atoms with van der Waals surface area (Å²) in [6.07, 6.45) is 2.17. The van der Waals surface area contributed by atoms with Crippen LogP contribution in [0, 0.1) is 0 Å². The van der Waals surface area contributed by atoms with Gasteiger partial charge in [-0.15, -0.1) is 0 Å². The molecule has 1 atom stereocenters. The molecule has 5 heteroatoms. The predicted molar refractivity (Wildman–Crippen MR) is 59.2 cm³/mol. The van der Waals surface area contributed by atoms with Crippen molar-refractivity contribution in [3.05, 3.63) is 0 Å². The molecule has 5 nitrogen and oxygen atoms in total. The van der Waals surface area contributed by atoms with E-state index >= 15 is 0 Å². The van der Waals surface area contributed by atoms with E-state index < -0.39 is 0 Å². The minimum atomic E-state index is -0.0822. The van der Waals surface area contributed by atoms with Gasteiger partial charge in [-0.2, -0.15) is 0 Å². The standard InChI is InChI=1S/C10H21N3O2/c1-8(11)4-3-5-10(15)13-7-6-12-9(2)14/h8H,3-7,11H2,1-2H3,(H,12,14)(H,13,15). The van der Waals surface area contributed by atoms with Crippen LogP contribution in [0.15, 0.2) is 0 Å². The van der Waals surface area contributed by atoms with E-state index in [1.165, 1.54) is 6.92 Å². The second-order valence-electron chi connectivity index (χ2n) is 3.70. The van der Waals surface area contributed by atoms with E-state index in [0.717, 1.165) is 12.8 Å². The van der Waals surface area contributed by atoms with Crippen LogP contribution in [0.5, 0.6) is 0 Å². The fourth-order valence-electron chi connectivity index (χ4n) is 1.11. The number of hydrogen-bond acceptors (Lipinski definition) is 3. The number of hydrogen-bond donors (Lipinski definition) is 3. The van der Waals surface area contributed by atoms with Crippen LogP contribution in [0.2, 0.25) is 0 Å². The van der Waals surface area contributed by atoms with E-state index in [1.807, 2.05) is 6.92 Å². The second kappa shape index (κ2) is 8.23. The van der Waals surface area contributed by atoms with Crippen LogP contribution in [0.1, 0.15) is 33.1 Å². The Morgan fingerprint density at radius 3 is 2.40 bits per heavy atom. The molecule has 0 aromatic rings. The highest BCUT2D eigenvalue weighted by Crippen LogP contribution is 1.97. The topological polar surface area (TPSA) is 84.2 Å². The van der Waals surface area contributed by atoms with Gasteiger partial charge in [0.1, 0.15) is 0 Å². The number of rotatable bonds is 7. The zero-order valence-corrected chi connectivity index (χ0v) is 9.51. The largest absolute Gasteiger partial charge is 0.355 e. The minimum Gasteiger partial charge on any atom is -0.355 e. The van der Waals surface area contributed by atoms with Gasteiger partial charge < -0.3 is 16.4 Å². The summed E-state index contributed by atoms with van der Waals surface area (Å²) in [4.78, 5) is 21.7. The van der Waals surface area contributed by atoms with Gasteiger partial charge in [0.2, 0.25) is 11.8 Å².